The summed E-state index contributed by atoms with van der Waals surface area (Å²) in [5, 5.41) is 14.8. The third-order valence-corrected chi connectivity index (χ3v) is 5.47. The SMILES string of the molecule is COc1ccc(/C=C/C(=O)c2ccc3ccccc3c2O)cc1COc1ccc(NC(C)=O)cc1. The highest BCUT2D eigenvalue weighted by Gasteiger charge is 2.12. The average Bonchev–Trinajstić information content (AvgIpc) is 2.87. The molecule has 0 heterocycles. The van der Waals surface area contributed by atoms with Gasteiger partial charge in [0.15, 0.2) is 5.78 Å². The Hall–Kier alpha value is -4.58. The number of aromatic hydroxyl groups is 1. The van der Waals surface area contributed by atoms with Crippen molar-refractivity contribution >= 4 is 34.2 Å². The summed E-state index contributed by atoms with van der Waals surface area (Å²) in [4.78, 5) is 23.9. The molecule has 0 fully saturated rings. The van der Waals surface area contributed by atoms with Crippen LogP contribution in [-0.4, -0.2) is 23.9 Å². The lowest BCUT2D eigenvalue weighted by molar-refractivity contribution is -0.114. The first-order chi connectivity index (χ1) is 16.9. The van der Waals surface area contributed by atoms with Gasteiger partial charge in [0.25, 0.3) is 0 Å². The predicted octanol–water partition coefficient (Wildman–Crippen LogP) is 5.99. The summed E-state index contributed by atoms with van der Waals surface area (Å²) >= 11 is 0. The number of hydrogen-bond donors (Lipinski definition) is 2. The second-order valence-electron chi connectivity index (χ2n) is 7.95. The van der Waals surface area contributed by atoms with Gasteiger partial charge in [-0.05, 0) is 59.5 Å². The van der Waals surface area contributed by atoms with Gasteiger partial charge < -0.3 is 19.9 Å². The highest BCUT2D eigenvalue weighted by Crippen LogP contribution is 2.29. The molecular weight excluding hydrogens is 442 g/mol. The van der Waals surface area contributed by atoms with Gasteiger partial charge in [0.1, 0.15) is 23.9 Å². The fraction of sp³-hybridized carbons (Fsp3) is 0.103. The van der Waals surface area contributed by atoms with E-state index in [9.17, 15) is 14.7 Å². The molecule has 0 saturated carbocycles. The lowest BCUT2D eigenvalue weighted by Gasteiger charge is -2.12. The van der Waals surface area contributed by atoms with Crippen LogP contribution in [-0.2, 0) is 11.4 Å². The van der Waals surface area contributed by atoms with E-state index in [0.717, 1.165) is 16.5 Å². The normalized spacial score (nSPS) is 10.9. The number of allylic oxidation sites excluding steroid dienone is 1. The van der Waals surface area contributed by atoms with Gasteiger partial charge in [0, 0.05) is 23.6 Å². The molecule has 4 aromatic rings. The number of fused-ring (bicyclic) bond motifs is 1. The molecule has 6 heteroatoms. The van der Waals surface area contributed by atoms with Gasteiger partial charge in [-0.15, -0.1) is 0 Å². The fourth-order valence-electron chi connectivity index (χ4n) is 3.73. The van der Waals surface area contributed by atoms with Gasteiger partial charge in [-0.2, -0.15) is 0 Å². The molecular formula is C29H25NO5. The third-order valence-electron chi connectivity index (χ3n) is 5.47. The largest absolute Gasteiger partial charge is 0.507 e. The van der Waals surface area contributed by atoms with Crippen LogP contribution in [0.2, 0.25) is 0 Å². The van der Waals surface area contributed by atoms with Crippen molar-refractivity contribution in [3.05, 3.63) is 102 Å². The molecule has 0 saturated heterocycles. The van der Waals surface area contributed by atoms with Crippen LogP contribution in [0.5, 0.6) is 17.2 Å². The van der Waals surface area contributed by atoms with E-state index in [0.29, 0.717) is 22.6 Å². The molecule has 0 bridgehead atoms. The minimum absolute atomic E-state index is 0.0221. The number of phenols is 1. The van der Waals surface area contributed by atoms with E-state index >= 15 is 0 Å². The average molecular weight is 468 g/mol. The van der Waals surface area contributed by atoms with E-state index in [1.165, 1.54) is 13.0 Å². The Labute approximate surface area is 203 Å². The molecule has 0 aromatic heterocycles. The molecule has 176 valence electrons. The monoisotopic (exact) mass is 467 g/mol. The zero-order valence-corrected chi connectivity index (χ0v) is 19.4. The lowest BCUT2D eigenvalue weighted by atomic mass is 10.0. The minimum atomic E-state index is -0.291. The number of ketones is 1. The first kappa shape index (κ1) is 23.6. The van der Waals surface area contributed by atoms with E-state index in [1.807, 2.05) is 42.5 Å². The molecule has 1 amide bonds. The van der Waals surface area contributed by atoms with Crippen LogP contribution in [0, 0.1) is 0 Å². The summed E-state index contributed by atoms with van der Waals surface area (Å²) in [6.45, 7) is 1.71. The summed E-state index contributed by atoms with van der Waals surface area (Å²) in [7, 11) is 1.59. The molecule has 0 aliphatic heterocycles. The molecule has 6 nitrogen and oxygen atoms in total. The van der Waals surface area contributed by atoms with Crippen LogP contribution in [0.1, 0.15) is 28.4 Å². The molecule has 4 rings (SSSR count). The van der Waals surface area contributed by atoms with Gasteiger partial charge >= 0.3 is 0 Å². The Morgan fingerprint density at radius 2 is 1.74 bits per heavy atom. The highest BCUT2D eigenvalue weighted by molar-refractivity contribution is 6.11. The Kier molecular flexibility index (Phi) is 7.12. The Morgan fingerprint density at radius 3 is 2.49 bits per heavy atom. The zero-order chi connectivity index (χ0) is 24.8. The first-order valence-electron chi connectivity index (χ1n) is 11.0. The van der Waals surface area contributed by atoms with Gasteiger partial charge in [-0.25, -0.2) is 0 Å². The molecule has 0 atom stereocenters. The van der Waals surface area contributed by atoms with Crippen LogP contribution in [0.25, 0.3) is 16.8 Å². The number of carbonyl (C=O) groups excluding carboxylic acids is 2. The van der Waals surface area contributed by atoms with Crippen molar-refractivity contribution in [3.8, 4) is 17.2 Å². The number of nitrogens with one attached hydrogen (secondary N) is 1. The van der Waals surface area contributed by atoms with Crippen molar-refractivity contribution in [3.63, 3.8) is 0 Å². The second-order valence-corrected chi connectivity index (χ2v) is 7.95. The van der Waals surface area contributed by atoms with Gasteiger partial charge in [-0.3, -0.25) is 9.59 Å². The maximum absolute atomic E-state index is 12.8. The molecule has 2 N–H and O–H groups in total. The smallest absolute Gasteiger partial charge is 0.221 e. The zero-order valence-electron chi connectivity index (χ0n) is 19.4. The molecule has 0 spiro atoms. The fourth-order valence-corrected chi connectivity index (χ4v) is 3.73. The maximum Gasteiger partial charge on any atom is 0.221 e. The van der Waals surface area contributed by atoms with E-state index in [1.54, 1.807) is 49.6 Å². The summed E-state index contributed by atoms with van der Waals surface area (Å²) in [6.07, 6.45) is 3.14. The highest BCUT2D eigenvalue weighted by atomic mass is 16.5. The van der Waals surface area contributed by atoms with Crippen molar-refractivity contribution in [2.75, 3.05) is 12.4 Å². The summed E-state index contributed by atoms with van der Waals surface area (Å²) in [5.74, 6) is 0.856. The standard InChI is InChI=1S/C29H25NO5/c1-19(31)30-23-10-12-24(13-11-23)35-18-22-17-20(8-16-28(22)34-2)7-15-27(32)26-14-9-21-5-3-4-6-25(21)29(26)33/h3-17,33H,18H2,1-2H3,(H,30,31)/b15-7+. The molecule has 35 heavy (non-hydrogen) atoms. The van der Waals surface area contributed by atoms with Crippen LogP contribution in [0.4, 0.5) is 5.69 Å². The number of carbonyl (C=O) groups is 2. The lowest BCUT2D eigenvalue weighted by Crippen LogP contribution is -2.05. The number of rotatable bonds is 8. The van der Waals surface area contributed by atoms with Crippen LogP contribution in [0.3, 0.4) is 0 Å². The number of benzene rings is 4. The van der Waals surface area contributed by atoms with E-state index < -0.39 is 0 Å². The maximum atomic E-state index is 12.8. The number of methoxy groups -OCH3 is 1. The minimum Gasteiger partial charge on any atom is -0.507 e. The topological polar surface area (TPSA) is 84.9 Å². The first-order valence-corrected chi connectivity index (χ1v) is 11.0. The quantitative estimate of drug-likeness (QED) is 0.246. The number of amides is 1. The van der Waals surface area contributed by atoms with Crippen molar-refractivity contribution in [1.29, 1.82) is 0 Å². The Bertz CT molecular complexity index is 1410. The van der Waals surface area contributed by atoms with Gasteiger partial charge in [0.05, 0.1) is 12.7 Å². The molecule has 0 aliphatic carbocycles. The molecule has 0 unspecified atom stereocenters. The third kappa shape index (κ3) is 5.68. The summed E-state index contributed by atoms with van der Waals surface area (Å²) in [6, 6.07) is 23.5. The Morgan fingerprint density at radius 1 is 0.971 bits per heavy atom. The van der Waals surface area contributed by atoms with E-state index in [-0.39, 0.29) is 29.6 Å². The number of phenolic OH excluding ortho intramolecular Hbond substituents is 1. The predicted molar refractivity (Wildman–Crippen MR) is 137 cm³/mol. The van der Waals surface area contributed by atoms with Crippen LogP contribution < -0.4 is 14.8 Å². The Balaban J connectivity index is 1.49. The van der Waals surface area contributed by atoms with Crippen molar-refractivity contribution in [2.24, 2.45) is 0 Å². The van der Waals surface area contributed by atoms with Crippen molar-refractivity contribution in [2.45, 2.75) is 13.5 Å². The molecule has 4 aromatic carbocycles. The number of ether oxygens (including phenoxy) is 2. The number of hydrogen-bond acceptors (Lipinski definition) is 5. The van der Waals surface area contributed by atoms with Crippen molar-refractivity contribution < 1.29 is 24.2 Å². The van der Waals surface area contributed by atoms with Gasteiger partial charge in [0.2, 0.25) is 5.91 Å². The number of anilines is 1. The van der Waals surface area contributed by atoms with Crippen LogP contribution in [0.15, 0.2) is 84.9 Å². The van der Waals surface area contributed by atoms with Crippen LogP contribution >= 0.6 is 0 Å². The van der Waals surface area contributed by atoms with Gasteiger partial charge in [-0.1, -0.05) is 42.5 Å². The second kappa shape index (κ2) is 10.6. The molecule has 0 aliphatic rings. The van der Waals surface area contributed by atoms with E-state index in [4.69, 9.17) is 9.47 Å². The summed E-state index contributed by atoms with van der Waals surface area (Å²) in [5.41, 5.74) is 2.54. The summed E-state index contributed by atoms with van der Waals surface area (Å²) < 4.78 is 11.3. The van der Waals surface area contributed by atoms with E-state index in [2.05, 4.69) is 5.32 Å². The van der Waals surface area contributed by atoms with Crippen molar-refractivity contribution in [1.82, 2.24) is 0 Å². The molecule has 0 radical (unpaired) electrons.